The summed E-state index contributed by atoms with van der Waals surface area (Å²) in [5.74, 6) is -0.304. The van der Waals surface area contributed by atoms with E-state index in [1.807, 2.05) is 24.3 Å². The van der Waals surface area contributed by atoms with Crippen LogP contribution in [0.25, 0.3) is 10.8 Å². The van der Waals surface area contributed by atoms with Gasteiger partial charge < -0.3 is 21.1 Å². The fraction of sp³-hybridized carbons (Fsp3) is 0.421. The summed E-state index contributed by atoms with van der Waals surface area (Å²) >= 11 is 0. The van der Waals surface area contributed by atoms with Crippen molar-refractivity contribution in [3.05, 3.63) is 42.2 Å². The molecule has 0 saturated carbocycles. The Morgan fingerprint density at radius 1 is 1.35 bits per heavy atom. The zero-order chi connectivity index (χ0) is 18.9. The molecule has 138 valence electrons. The molecule has 2 aromatic rings. The van der Waals surface area contributed by atoms with Crippen molar-refractivity contribution < 1.29 is 14.3 Å². The number of aromatic nitrogens is 1. The zero-order valence-electron chi connectivity index (χ0n) is 15.2. The fourth-order valence-electron chi connectivity index (χ4n) is 3.21. The van der Waals surface area contributed by atoms with Crippen LogP contribution in [0.15, 0.2) is 36.7 Å². The van der Waals surface area contributed by atoms with Crippen LogP contribution in [0.5, 0.6) is 0 Å². The molecule has 0 spiro atoms. The highest BCUT2D eigenvalue weighted by Gasteiger charge is 2.50. The van der Waals surface area contributed by atoms with Gasteiger partial charge in [-0.05, 0) is 50.3 Å². The topological polar surface area (TPSA) is 106 Å². The standard InChI is InChI=1S/C19H24N4O3/c1-18(2,3)26-17(25)23-19(7-9-22-16(19)24)15(20)13-5-4-12-6-8-21-11-14(12)10-13/h4-6,8,10-11,15H,7,9,20H2,1-3H3,(H,22,24)(H,23,25)/t15?,19-/m0/s1. The van der Waals surface area contributed by atoms with Crippen molar-refractivity contribution in [1.29, 1.82) is 0 Å². The van der Waals surface area contributed by atoms with E-state index in [0.29, 0.717) is 13.0 Å². The molecular weight excluding hydrogens is 332 g/mol. The summed E-state index contributed by atoms with van der Waals surface area (Å²) in [5.41, 5.74) is 5.31. The second-order valence-electron chi connectivity index (χ2n) is 7.56. The normalized spacial score (nSPS) is 21.3. The second kappa shape index (κ2) is 6.57. The quantitative estimate of drug-likeness (QED) is 0.780. The van der Waals surface area contributed by atoms with E-state index in [1.54, 1.807) is 33.2 Å². The van der Waals surface area contributed by atoms with Crippen LogP contribution in [0, 0.1) is 0 Å². The Kier molecular flexibility index (Phi) is 4.58. The molecule has 1 aromatic carbocycles. The van der Waals surface area contributed by atoms with Crippen LogP contribution in [0.3, 0.4) is 0 Å². The minimum absolute atomic E-state index is 0.304. The van der Waals surface area contributed by atoms with Crippen molar-refractivity contribution in [3.8, 4) is 0 Å². The molecular formula is C19H24N4O3. The van der Waals surface area contributed by atoms with Crippen LogP contribution < -0.4 is 16.4 Å². The molecule has 1 aromatic heterocycles. The predicted molar refractivity (Wildman–Crippen MR) is 98.4 cm³/mol. The number of carbonyl (C=O) groups is 2. The number of nitrogens with zero attached hydrogens (tertiary/aromatic N) is 1. The molecule has 2 heterocycles. The van der Waals surface area contributed by atoms with Crippen molar-refractivity contribution >= 4 is 22.8 Å². The van der Waals surface area contributed by atoms with Gasteiger partial charge in [0, 0.05) is 24.3 Å². The van der Waals surface area contributed by atoms with Crippen molar-refractivity contribution in [3.63, 3.8) is 0 Å². The number of ether oxygens (including phenoxy) is 1. The molecule has 0 aliphatic carbocycles. The van der Waals surface area contributed by atoms with Gasteiger partial charge in [-0.15, -0.1) is 0 Å². The Morgan fingerprint density at radius 3 is 2.77 bits per heavy atom. The van der Waals surface area contributed by atoms with E-state index < -0.39 is 23.3 Å². The third-order valence-corrected chi connectivity index (χ3v) is 4.49. The molecule has 7 heteroatoms. The molecule has 0 bridgehead atoms. The average Bonchev–Trinajstić information content (AvgIpc) is 2.93. The molecule has 2 atom stereocenters. The summed E-state index contributed by atoms with van der Waals surface area (Å²) < 4.78 is 5.33. The Bertz CT molecular complexity index is 846. The number of hydrogen-bond donors (Lipinski definition) is 3. The van der Waals surface area contributed by atoms with Gasteiger partial charge in [-0.2, -0.15) is 0 Å². The highest BCUT2D eigenvalue weighted by molar-refractivity contribution is 5.93. The van der Waals surface area contributed by atoms with Crippen LogP contribution in [0.2, 0.25) is 0 Å². The third-order valence-electron chi connectivity index (χ3n) is 4.49. The maximum absolute atomic E-state index is 12.6. The number of benzene rings is 1. The van der Waals surface area contributed by atoms with E-state index in [2.05, 4.69) is 15.6 Å². The number of rotatable bonds is 3. The highest BCUT2D eigenvalue weighted by atomic mass is 16.6. The smallest absolute Gasteiger partial charge is 0.408 e. The van der Waals surface area contributed by atoms with Gasteiger partial charge in [-0.25, -0.2) is 4.79 Å². The Hall–Kier alpha value is -2.67. The molecule has 1 aliphatic heterocycles. The SMILES string of the molecule is CC(C)(C)OC(=O)N[C@]1(C(N)c2ccc3ccncc3c2)CCNC1=O. The van der Waals surface area contributed by atoms with Gasteiger partial charge in [0.15, 0.2) is 0 Å². The summed E-state index contributed by atoms with van der Waals surface area (Å²) in [6, 6.07) is 6.89. The number of hydrogen-bond acceptors (Lipinski definition) is 5. The number of pyridine rings is 1. The first-order chi connectivity index (χ1) is 12.2. The molecule has 1 unspecified atom stereocenters. The van der Waals surface area contributed by atoms with Gasteiger partial charge in [-0.3, -0.25) is 9.78 Å². The second-order valence-corrected chi connectivity index (χ2v) is 7.56. The highest BCUT2D eigenvalue weighted by Crippen LogP contribution is 2.32. The van der Waals surface area contributed by atoms with Crippen LogP contribution in [-0.4, -0.2) is 34.7 Å². The number of nitrogens with two attached hydrogens (primary N) is 1. The van der Waals surface area contributed by atoms with Gasteiger partial charge in [-0.1, -0.05) is 12.1 Å². The largest absolute Gasteiger partial charge is 0.444 e. The maximum atomic E-state index is 12.6. The number of alkyl carbamates (subject to hydrolysis) is 1. The van der Waals surface area contributed by atoms with Crippen molar-refractivity contribution in [2.75, 3.05) is 6.54 Å². The first-order valence-electron chi connectivity index (χ1n) is 8.60. The molecule has 0 radical (unpaired) electrons. The summed E-state index contributed by atoms with van der Waals surface area (Å²) in [5, 5.41) is 7.45. The van der Waals surface area contributed by atoms with E-state index in [9.17, 15) is 9.59 Å². The lowest BCUT2D eigenvalue weighted by Crippen LogP contribution is -2.60. The van der Waals surface area contributed by atoms with Crippen molar-refractivity contribution in [1.82, 2.24) is 15.6 Å². The van der Waals surface area contributed by atoms with E-state index in [-0.39, 0.29) is 5.91 Å². The Morgan fingerprint density at radius 2 is 2.12 bits per heavy atom. The predicted octanol–water partition coefficient (Wildman–Crippen LogP) is 2.02. The fourth-order valence-corrected chi connectivity index (χ4v) is 3.21. The lowest BCUT2D eigenvalue weighted by Gasteiger charge is -2.34. The molecule has 2 amide bonds. The molecule has 1 saturated heterocycles. The van der Waals surface area contributed by atoms with Crippen molar-refractivity contribution in [2.24, 2.45) is 5.73 Å². The monoisotopic (exact) mass is 356 g/mol. The molecule has 3 rings (SSSR count). The lowest BCUT2D eigenvalue weighted by molar-refractivity contribution is -0.125. The average molecular weight is 356 g/mol. The minimum Gasteiger partial charge on any atom is -0.444 e. The first kappa shape index (κ1) is 18.1. The maximum Gasteiger partial charge on any atom is 0.408 e. The van der Waals surface area contributed by atoms with Crippen LogP contribution in [0.1, 0.15) is 38.8 Å². The number of carbonyl (C=O) groups excluding carboxylic acids is 2. The number of amides is 2. The molecule has 7 nitrogen and oxygen atoms in total. The number of fused-ring (bicyclic) bond motifs is 1. The zero-order valence-corrected chi connectivity index (χ0v) is 15.2. The van der Waals surface area contributed by atoms with Crippen LogP contribution in [0.4, 0.5) is 4.79 Å². The van der Waals surface area contributed by atoms with Crippen molar-refractivity contribution in [2.45, 2.75) is 44.4 Å². The summed E-state index contributed by atoms with van der Waals surface area (Å²) in [4.78, 5) is 29.1. The minimum atomic E-state index is -1.25. The van der Waals surface area contributed by atoms with Gasteiger partial charge in [0.25, 0.3) is 0 Å². The Balaban J connectivity index is 1.93. The van der Waals surface area contributed by atoms with Gasteiger partial charge >= 0.3 is 6.09 Å². The number of nitrogens with one attached hydrogen (secondary N) is 2. The van der Waals surface area contributed by atoms with E-state index in [1.165, 1.54) is 0 Å². The Labute approximate surface area is 152 Å². The summed E-state index contributed by atoms with van der Waals surface area (Å²) in [6.45, 7) is 5.75. The van der Waals surface area contributed by atoms with Gasteiger partial charge in [0.05, 0.1) is 6.04 Å². The molecule has 1 fully saturated rings. The summed E-state index contributed by atoms with van der Waals surface area (Å²) in [7, 11) is 0. The summed E-state index contributed by atoms with van der Waals surface area (Å²) in [6.07, 6.45) is 3.19. The molecule has 1 aliphatic rings. The van der Waals surface area contributed by atoms with E-state index in [0.717, 1.165) is 16.3 Å². The third kappa shape index (κ3) is 3.48. The van der Waals surface area contributed by atoms with E-state index in [4.69, 9.17) is 10.5 Å². The van der Waals surface area contributed by atoms with Crippen LogP contribution >= 0.6 is 0 Å². The van der Waals surface area contributed by atoms with E-state index >= 15 is 0 Å². The first-order valence-corrected chi connectivity index (χ1v) is 8.60. The van der Waals surface area contributed by atoms with Gasteiger partial charge in [0.2, 0.25) is 5.91 Å². The van der Waals surface area contributed by atoms with Gasteiger partial charge in [0.1, 0.15) is 11.1 Å². The lowest BCUT2D eigenvalue weighted by atomic mass is 9.84. The molecule has 26 heavy (non-hydrogen) atoms. The molecule has 4 N–H and O–H groups in total. The van der Waals surface area contributed by atoms with Crippen LogP contribution in [-0.2, 0) is 9.53 Å².